The molecule has 3 aliphatic rings. The Hall–Kier alpha value is -1.71. The van der Waals surface area contributed by atoms with Gasteiger partial charge in [-0.25, -0.2) is 0 Å². The van der Waals surface area contributed by atoms with Gasteiger partial charge in [-0.05, 0) is 43.8 Å². The fourth-order valence-corrected chi connectivity index (χ4v) is 4.32. The van der Waals surface area contributed by atoms with E-state index in [1.54, 1.807) is 0 Å². The number of aromatic nitrogens is 2. The van der Waals surface area contributed by atoms with Crippen LogP contribution >= 0.6 is 12.2 Å². The molecule has 3 aliphatic heterocycles. The molecule has 0 unspecified atom stereocenters. The SMILES string of the molecule is C[C@H]1CCCN(c2cc(N3CCOCC3)nc(NC(=S)NC[C@H]3CCCO3)n2)C1. The fraction of sp³-hybridized carbons (Fsp3) is 0.750. The van der Waals surface area contributed by atoms with Gasteiger partial charge in [0.25, 0.3) is 0 Å². The van der Waals surface area contributed by atoms with Crippen LogP contribution in [0.4, 0.5) is 17.6 Å². The molecule has 2 N–H and O–H groups in total. The smallest absolute Gasteiger partial charge is 0.232 e. The monoisotopic (exact) mass is 420 g/mol. The number of hydrogen-bond donors (Lipinski definition) is 2. The molecule has 2 atom stereocenters. The molecular formula is C20H32N6O2S. The van der Waals surface area contributed by atoms with E-state index < -0.39 is 0 Å². The summed E-state index contributed by atoms with van der Waals surface area (Å²) in [6.45, 7) is 9.06. The zero-order chi connectivity index (χ0) is 20.1. The molecule has 0 aliphatic carbocycles. The number of hydrogen-bond acceptors (Lipinski definition) is 7. The third kappa shape index (κ3) is 5.67. The van der Waals surface area contributed by atoms with Crippen molar-refractivity contribution in [3.8, 4) is 0 Å². The predicted octanol–water partition coefficient (Wildman–Crippen LogP) is 2.01. The van der Waals surface area contributed by atoms with Crippen LogP contribution in [0.25, 0.3) is 0 Å². The van der Waals surface area contributed by atoms with E-state index in [-0.39, 0.29) is 6.10 Å². The maximum atomic E-state index is 5.65. The Morgan fingerprint density at radius 1 is 1.10 bits per heavy atom. The van der Waals surface area contributed by atoms with Crippen LogP contribution in [0.5, 0.6) is 0 Å². The summed E-state index contributed by atoms with van der Waals surface area (Å²) in [6.07, 6.45) is 4.91. The van der Waals surface area contributed by atoms with E-state index in [2.05, 4.69) is 33.4 Å². The Balaban J connectivity index is 1.48. The first-order chi connectivity index (χ1) is 14.2. The predicted molar refractivity (Wildman–Crippen MR) is 119 cm³/mol. The molecule has 0 amide bonds. The van der Waals surface area contributed by atoms with Gasteiger partial charge in [-0.15, -0.1) is 0 Å². The highest BCUT2D eigenvalue weighted by molar-refractivity contribution is 7.80. The zero-order valence-electron chi connectivity index (χ0n) is 17.2. The third-order valence-corrected chi connectivity index (χ3v) is 6.00. The summed E-state index contributed by atoms with van der Waals surface area (Å²) >= 11 is 5.48. The van der Waals surface area contributed by atoms with Crippen LogP contribution in [0.15, 0.2) is 6.07 Å². The van der Waals surface area contributed by atoms with Crippen molar-refractivity contribution in [2.24, 2.45) is 5.92 Å². The third-order valence-electron chi connectivity index (χ3n) is 5.75. The Labute approximate surface area is 178 Å². The van der Waals surface area contributed by atoms with E-state index in [9.17, 15) is 0 Å². The first kappa shape index (κ1) is 20.6. The molecule has 29 heavy (non-hydrogen) atoms. The first-order valence-electron chi connectivity index (χ1n) is 10.8. The Morgan fingerprint density at radius 2 is 1.90 bits per heavy atom. The van der Waals surface area contributed by atoms with Crippen molar-refractivity contribution in [2.75, 3.05) is 67.7 Å². The lowest BCUT2D eigenvalue weighted by Crippen LogP contribution is -2.39. The molecule has 4 rings (SSSR count). The van der Waals surface area contributed by atoms with E-state index >= 15 is 0 Å². The van der Waals surface area contributed by atoms with E-state index in [0.717, 1.165) is 70.5 Å². The second-order valence-corrected chi connectivity index (χ2v) is 8.58. The molecule has 3 saturated heterocycles. The van der Waals surface area contributed by atoms with Crippen LogP contribution < -0.4 is 20.4 Å². The number of ether oxygens (including phenoxy) is 2. The number of anilines is 3. The van der Waals surface area contributed by atoms with Gasteiger partial charge in [0.1, 0.15) is 11.6 Å². The minimum atomic E-state index is 0.237. The maximum Gasteiger partial charge on any atom is 0.232 e. The first-order valence-corrected chi connectivity index (χ1v) is 11.2. The summed E-state index contributed by atoms with van der Waals surface area (Å²) in [7, 11) is 0. The van der Waals surface area contributed by atoms with Crippen LogP contribution in [-0.2, 0) is 9.47 Å². The van der Waals surface area contributed by atoms with Crippen LogP contribution in [0.2, 0.25) is 0 Å². The topological polar surface area (TPSA) is 74.8 Å². The van der Waals surface area contributed by atoms with E-state index in [1.807, 2.05) is 0 Å². The lowest BCUT2D eigenvalue weighted by Gasteiger charge is -2.33. The average molecular weight is 421 g/mol. The van der Waals surface area contributed by atoms with Gasteiger partial charge in [-0.3, -0.25) is 0 Å². The molecule has 9 heteroatoms. The lowest BCUT2D eigenvalue weighted by atomic mass is 10.0. The Kier molecular flexibility index (Phi) is 6.99. The molecule has 0 saturated carbocycles. The van der Waals surface area contributed by atoms with Gasteiger partial charge in [0.05, 0.1) is 19.3 Å². The second kappa shape index (κ2) is 9.86. The average Bonchev–Trinajstić information content (AvgIpc) is 3.26. The van der Waals surface area contributed by atoms with Gasteiger partial charge in [0.15, 0.2) is 5.11 Å². The van der Waals surface area contributed by atoms with Crippen molar-refractivity contribution in [3.05, 3.63) is 6.07 Å². The molecule has 0 spiro atoms. The number of nitrogens with zero attached hydrogens (tertiary/aromatic N) is 4. The van der Waals surface area contributed by atoms with Crippen molar-refractivity contribution < 1.29 is 9.47 Å². The molecule has 1 aromatic heterocycles. The normalized spacial score (nSPS) is 25.1. The van der Waals surface area contributed by atoms with Crippen molar-refractivity contribution >= 4 is 34.9 Å². The van der Waals surface area contributed by atoms with Gasteiger partial charge in [-0.1, -0.05) is 6.92 Å². The number of nitrogens with one attached hydrogen (secondary N) is 2. The molecule has 4 heterocycles. The summed E-state index contributed by atoms with van der Waals surface area (Å²) in [5, 5.41) is 6.98. The number of rotatable bonds is 5. The molecule has 1 aromatic rings. The van der Waals surface area contributed by atoms with Crippen LogP contribution in [0, 0.1) is 5.92 Å². The zero-order valence-corrected chi connectivity index (χ0v) is 18.0. The highest BCUT2D eigenvalue weighted by Crippen LogP contribution is 2.26. The standard InChI is InChI=1S/C20H32N6O2S/c1-15-4-2-6-26(14-15)18-12-17(25-7-10-27-11-8-25)22-19(23-18)24-20(29)21-13-16-5-3-9-28-16/h12,15-16H,2-11,13-14H2,1H3,(H2,21,22,23,24,29)/t15-,16+/m0/s1. The van der Waals surface area contributed by atoms with Crippen LogP contribution in [0.1, 0.15) is 32.6 Å². The fourth-order valence-electron chi connectivity index (χ4n) is 4.15. The quantitative estimate of drug-likeness (QED) is 0.696. The highest BCUT2D eigenvalue weighted by Gasteiger charge is 2.22. The number of piperidine rings is 1. The van der Waals surface area contributed by atoms with Gasteiger partial charge in [0.2, 0.25) is 5.95 Å². The largest absolute Gasteiger partial charge is 0.378 e. The molecule has 3 fully saturated rings. The van der Waals surface area contributed by atoms with Gasteiger partial charge >= 0.3 is 0 Å². The van der Waals surface area contributed by atoms with Crippen LogP contribution in [-0.4, -0.2) is 73.7 Å². The Morgan fingerprint density at radius 3 is 2.62 bits per heavy atom. The van der Waals surface area contributed by atoms with E-state index in [4.69, 9.17) is 31.7 Å². The molecule has 0 radical (unpaired) electrons. The Bertz CT molecular complexity index is 694. The van der Waals surface area contributed by atoms with E-state index in [1.165, 1.54) is 12.8 Å². The summed E-state index contributed by atoms with van der Waals surface area (Å²) in [6, 6.07) is 2.11. The van der Waals surface area contributed by atoms with Crippen molar-refractivity contribution in [2.45, 2.75) is 38.7 Å². The van der Waals surface area contributed by atoms with E-state index in [0.29, 0.717) is 23.5 Å². The lowest BCUT2D eigenvalue weighted by molar-refractivity contribution is 0.114. The summed E-state index contributed by atoms with van der Waals surface area (Å²) in [5.41, 5.74) is 0. The minimum absolute atomic E-state index is 0.237. The number of morpholine rings is 1. The second-order valence-electron chi connectivity index (χ2n) is 8.17. The maximum absolute atomic E-state index is 5.65. The summed E-state index contributed by atoms with van der Waals surface area (Å²) < 4.78 is 11.2. The van der Waals surface area contributed by atoms with Gasteiger partial charge in [0, 0.05) is 45.4 Å². The molecule has 160 valence electrons. The number of thiocarbonyl (C=S) groups is 1. The molecule has 8 nitrogen and oxygen atoms in total. The molecule has 0 aromatic carbocycles. The molecule has 0 bridgehead atoms. The molecular weight excluding hydrogens is 388 g/mol. The van der Waals surface area contributed by atoms with Crippen LogP contribution in [0.3, 0.4) is 0 Å². The minimum Gasteiger partial charge on any atom is -0.378 e. The van der Waals surface area contributed by atoms with Gasteiger partial charge in [-0.2, -0.15) is 9.97 Å². The van der Waals surface area contributed by atoms with Gasteiger partial charge < -0.3 is 29.9 Å². The van der Waals surface area contributed by atoms with Crippen molar-refractivity contribution in [1.82, 2.24) is 15.3 Å². The summed E-state index contributed by atoms with van der Waals surface area (Å²) in [4.78, 5) is 14.2. The summed E-state index contributed by atoms with van der Waals surface area (Å²) in [5.74, 6) is 3.13. The van der Waals surface area contributed by atoms with Crippen molar-refractivity contribution in [3.63, 3.8) is 0 Å². The highest BCUT2D eigenvalue weighted by atomic mass is 32.1. The van der Waals surface area contributed by atoms with Crippen molar-refractivity contribution in [1.29, 1.82) is 0 Å².